The zero-order valence-corrected chi connectivity index (χ0v) is 14.3. The second-order valence-electron chi connectivity index (χ2n) is 6.09. The standard InChI is InChI=1S/C18H21N3O5/c1-2-11-9-21(15-8-13(23)14(10-22)26-15)18(25)20-16(11)19-17(24)12-6-4-3-5-7-12/h3-7,9,13-15,22-23H,2,8,10H2,1H3,(H,19,20,24,25)/t13?,14-,15-/m1/s1. The van der Waals surface area contributed by atoms with Crippen molar-refractivity contribution in [1.29, 1.82) is 0 Å². The normalized spacial score (nSPS) is 22.3. The summed E-state index contributed by atoms with van der Waals surface area (Å²) in [6.45, 7) is 1.55. The average Bonchev–Trinajstić information content (AvgIpc) is 3.03. The van der Waals surface area contributed by atoms with Crippen LogP contribution >= 0.6 is 0 Å². The molecule has 0 spiro atoms. The summed E-state index contributed by atoms with van der Waals surface area (Å²) in [4.78, 5) is 28.7. The predicted molar refractivity (Wildman–Crippen MR) is 93.9 cm³/mol. The zero-order chi connectivity index (χ0) is 18.7. The fraction of sp³-hybridized carbons (Fsp3) is 0.389. The lowest BCUT2D eigenvalue weighted by Gasteiger charge is -2.17. The van der Waals surface area contributed by atoms with Crippen molar-refractivity contribution in [2.24, 2.45) is 0 Å². The molecule has 1 aliphatic heterocycles. The first-order valence-electron chi connectivity index (χ1n) is 8.46. The first-order chi connectivity index (χ1) is 12.5. The van der Waals surface area contributed by atoms with Gasteiger partial charge in [0.15, 0.2) is 0 Å². The van der Waals surface area contributed by atoms with Gasteiger partial charge < -0.3 is 20.3 Å². The molecule has 1 aromatic heterocycles. The molecule has 2 aromatic rings. The molecule has 138 valence electrons. The molecular weight excluding hydrogens is 338 g/mol. The Bertz CT molecular complexity index is 836. The molecule has 1 saturated heterocycles. The Kier molecular flexibility index (Phi) is 5.46. The molecule has 1 amide bonds. The van der Waals surface area contributed by atoms with Gasteiger partial charge in [-0.3, -0.25) is 9.36 Å². The lowest BCUT2D eigenvalue weighted by atomic mass is 10.2. The maximum absolute atomic E-state index is 12.4. The number of anilines is 1. The zero-order valence-electron chi connectivity index (χ0n) is 14.3. The molecule has 8 heteroatoms. The van der Waals surface area contributed by atoms with Crippen LogP contribution in [0, 0.1) is 0 Å². The summed E-state index contributed by atoms with van der Waals surface area (Å²) >= 11 is 0. The Labute approximate surface area is 150 Å². The number of hydrogen-bond donors (Lipinski definition) is 3. The number of benzene rings is 1. The molecule has 2 heterocycles. The number of ether oxygens (including phenoxy) is 1. The molecular formula is C18H21N3O5. The summed E-state index contributed by atoms with van der Waals surface area (Å²) in [6.07, 6.45) is 0.0232. The van der Waals surface area contributed by atoms with E-state index in [9.17, 15) is 19.8 Å². The molecule has 26 heavy (non-hydrogen) atoms. The van der Waals surface area contributed by atoms with Crippen molar-refractivity contribution >= 4 is 11.7 Å². The third-order valence-corrected chi connectivity index (χ3v) is 4.37. The van der Waals surface area contributed by atoms with Gasteiger partial charge in [-0.25, -0.2) is 4.79 Å². The van der Waals surface area contributed by atoms with Gasteiger partial charge in [0.25, 0.3) is 5.91 Å². The third kappa shape index (κ3) is 3.67. The summed E-state index contributed by atoms with van der Waals surface area (Å²) in [7, 11) is 0. The molecule has 3 N–H and O–H groups in total. The minimum absolute atomic E-state index is 0.186. The van der Waals surface area contributed by atoms with Gasteiger partial charge in [-0.1, -0.05) is 25.1 Å². The predicted octanol–water partition coefficient (Wildman–Crippen LogP) is 0.699. The Balaban J connectivity index is 1.86. The number of carbonyl (C=O) groups is 1. The molecule has 0 aliphatic carbocycles. The Hall–Kier alpha value is -2.55. The van der Waals surface area contributed by atoms with Gasteiger partial charge in [-0.2, -0.15) is 4.98 Å². The quantitative estimate of drug-likeness (QED) is 0.724. The maximum atomic E-state index is 12.4. The van der Waals surface area contributed by atoms with Crippen LogP contribution in [0.4, 0.5) is 5.82 Å². The summed E-state index contributed by atoms with van der Waals surface area (Å²) in [5, 5.41) is 21.7. The molecule has 1 unspecified atom stereocenters. The van der Waals surface area contributed by atoms with Crippen LogP contribution in [0.3, 0.4) is 0 Å². The SMILES string of the molecule is CCc1cn([C@H]2CC(O)[C@@H](CO)O2)c(=O)nc1NC(=O)c1ccccc1. The van der Waals surface area contributed by atoms with Crippen LogP contribution < -0.4 is 11.0 Å². The van der Waals surface area contributed by atoms with E-state index in [1.807, 2.05) is 13.0 Å². The number of nitrogens with zero attached hydrogens (tertiary/aromatic N) is 2. The number of aryl methyl sites for hydroxylation is 1. The van der Waals surface area contributed by atoms with Crippen LogP contribution in [0.25, 0.3) is 0 Å². The van der Waals surface area contributed by atoms with Crippen LogP contribution in [-0.2, 0) is 11.2 Å². The smallest absolute Gasteiger partial charge is 0.351 e. The highest BCUT2D eigenvalue weighted by Crippen LogP contribution is 2.28. The lowest BCUT2D eigenvalue weighted by Crippen LogP contribution is -2.30. The number of nitrogens with one attached hydrogen (secondary N) is 1. The Morgan fingerprint density at radius 3 is 2.73 bits per heavy atom. The number of hydrogen-bond acceptors (Lipinski definition) is 6. The van der Waals surface area contributed by atoms with E-state index in [0.29, 0.717) is 17.5 Å². The van der Waals surface area contributed by atoms with Crippen molar-refractivity contribution in [3.63, 3.8) is 0 Å². The highest BCUT2D eigenvalue weighted by molar-refractivity contribution is 6.04. The van der Waals surface area contributed by atoms with Crippen LogP contribution in [0.2, 0.25) is 0 Å². The number of rotatable bonds is 5. The summed E-state index contributed by atoms with van der Waals surface area (Å²) < 4.78 is 6.80. The number of amides is 1. The second-order valence-corrected chi connectivity index (χ2v) is 6.09. The minimum Gasteiger partial charge on any atom is -0.394 e. The molecule has 1 aromatic carbocycles. The summed E-state index contributed by atoms with van der Waals surface area (Å²) in [6, 6.07) is 8.65. The number of aliphatic hydroxyl groups excluding tert-OH is 2. The van der Waals surface area contributed by atoms with Crippen molar-refractivity contribution in [3.05, 3.63) is 58.1 Å². The highest BCUT2D eigenvalue weighted by Gasteiger charge is 2.35. The van der Waals surface area contributed by atoms with Gasteiger partial charge in [-0.05, 0) is 18.6 Å². The summed E-state index contributed by atoms with van der Waals surface area (Å²) in [5.41, 5.74) is 0.536. The van der Waals surface area contributed by atoms with Crippen molar-refractivity contribution < 1.29 is 19.7 Å². The monoisotopic (exact) mass is 359 g/mol. The van der Waals surface area contributed by atoms with Gasteiger partial charge in [0.2, 0.25) is 0 Å². The lowest BCUT2D eigenvalue weighted by molar-refractivity contribution is -0.0459. The molecule has 0 saturated carbocycles. The van der Waals surface area contributed by atoms with Gasteiger partial charge >= 0.3 is 5.69 Å². The van der Waals surface area contributed by atoms with Crippen LogP contribution in [-0.4, -0.2) is 44.5 Å². The molecule has 0 radical (unpaired) electrons. The van der Waals surface area contributed by atoms with E-state index < -0.39 is 24.1 Å². The van der Waals surface area contributed by atoms with E-state index in [0.717, 1.165) is 0 Å². The van der Waals surface area contributed by atoms with Crippen molar-refractivity contribution in [2.75, 3.05) is 11.9 Å². The molecule has 3 atom stereocenters. The Morgan fingerprint density at radius 2 is 2.12 bits per heavy atom. The average molecular weight is 359 g/mol. The Morgan fingerprint density at radius 1 is 1.38 bits per heavy atom. The van der Waals surface area contributed by atoms with Crippen molar-refractivity contribution in [2.45, 2.75) is 38.2 Å². The fourth-order valence-electron chi connectivity index (χ4n) is 2.90. The van der Waals surface area contributed by atoms with Gasteiger partial charge in [0, 0.05) is 23.7 Å². The van der Waals surface area contributed by atoms with Gasteiger partial charge in [-0.15, -0.1) is 0 Å². The van der Waals surface area contributed by atoms with Gasteiger partial charge in [0.05, 0.1) is 12.7 Å². The van der Waals surface area contributed by atoms with E-state index in [-0.39, 0.29) is 24.8 Å². The third-order valence-electron chi connectivity index (χ3n) is 4.37. The van der Waals surface area contributed by atoms with E-state index in [4.69, 9.17) is 4.74 Å². The largest absolute Gasteiger partial charge is 0.394 e. The number of aromatic nitrogens is 2. The number of carbonyl (C=O) groups excluding carboxylic acids is 1. The maximum Gasteiger partial charge on any atom is 0.351 e. The van der Waals surface area contributed by atoms with Gasteiger partial charge in [0.1, 0.15) is 18.1 Å². The van der Waals surface area contributed by atoms with Crippen molar-refractivity contribution in [3.8, 4) is 0 Å². The van der Waals surface area contributed by atoms with Crippen LogP contribution in [0.15, 0.2) is 41.3 Å². The first kappa shape index (κ1) is 18.2. The molecule has 1 aliphatic rings. The van der Waals surface area contributed by atoms with E-state index in [2.05, 4.69) is 10.3 Å². The topological polar surface area (TPSA) is 114 Å². The van der Waals surface area contributed by atoms with E-state index in [1.165, 1.54) is 4.57 Å². The summed E-state index contributed by atoms with van der Waals surface area (Å²) in [5.74, 6) is -0.141. The van der Waals surface area contributed by atoms with Crippen molar-refractivity contribution in [1.82, 2.24) is 9.55 Å². The molecule has 1 fully saturated rings. The van der Waals surface area contributed by atoms with E-state index in [1.54, 1.807) is 30.5 Å². The highest BCUT2D eigenvalue weighted by atomic mass is 16.5. The fourth-order valence-corrected chi connectivity index (χ4v) is 2.90. The second kappa shape index (κ2) is 7.77. The minimum atomic E-state index is -0.848. The molecule has 8 nitrogen and oxygen atoms in total. The first-order valence-corrected chi connectivity index (χ1v) is 8.46. The van der Waals surface area contributed by atoms with E-state index >= 15 is 0 Å². The van der Waals surface area contributed by atoms with Crippen LogP contribution in [0.5, 0.6) is 0 Å². The molecule has 3 rings (SSSR count). The number of aliphatic hydroxyl groups is 2. The van der Waals surface area contributed by atoms with Crippen LogP contribution in [0.1, 0.15) is 35.5 Å². The molecule has 0 bridgehead atoms.